The van der Waals surface area contributed by atoms with E-state index in [-0.39, 0.29) is 0 Å². The van der Waals surface area contributed by atoms with Gasteiger partial charge in [0.2, 0.25) is 0 Å². The zero-order chi connectivity index (χ0) is 11.8. The van der Waals surface area contributed by atoms with Crippen molar-refractivity contribution >= 4 is 5.82 Å². The molecule has 1 aromatic heterocycles. The second kappa shape index (κ2) is 4.30. The van der Waals surface area contributed by atoms with Crippen molar-refractivity contribution < 1.29 is 0 Å². The molecule has 92 valence electrons. The van der Waals surface area contributed by atoms with E-state index in [1.807, 2.05) is 0 Å². The molecule has 0 unspecified atom stereocenters. The van der Waals surface area contributed by atoms with Crippen LogP contribution < -0.4 is 10.2 Å². The Hall–Kier alpha value is -1.09. The predicted molar refractivity (Wildman–Crippen MR) is 70.5 cm³/mol. The summed E-state index contributed by atoms with van der Waals surface area (Å²) in [6.07, 6.45) is 3.42. The summed E-state index contributed by atoms with van der Waals surface area (Å²) >= 11 is 0. The fourth-order valence-electron chi connectivity index (χ4n) is 3.15. The first kappa shape index (κ1) is 11.0. The molecule has 0 spiro atoms. The second-order valence-corrected chi connectivity index (χ2v) is 5.13. The summed E-state index contributed by atoms with van der Waals surface area (Å²) in [4.78, 5) is 7.35. The van der Waals surface area contributed by atoms with Gasteiger partial charge in [-0.3, -0.25) is 0 Å². The van der Waals surface area contributed by atoms with Crippen LogP contribution >= 0.6 is 0 Å². The van der Waals surface area contributed by atoms with Crippen LogP contribution in [0, 0.1) is 0 Å². The number of nitrogens with one attached hydrogen (secondary N) is 1. The van der Waals surface area contributed by atoms with E-state index in [1.54, 1.807) is 0 Å². The molecule has 17 heavy (non-hydrogen) atoms. The highest BCUT2D eigenvalue weighted by molar-refractivity contribution is 5.46. The van der Waals surface area contributed by atoms with Crippen molar-refractivity contribution in [3.05, 3.63) is 23.4 Å². The number of rotatable bonds is 3. The molecule has 3 heterocycles. The van der Waals surface area contributed by atoms with Gasteiger partial charge in [0, 0.05) is 30.9 Å². The Kier molecular flexibility index (Phi) is 2.79. The number of aryl methyl sites for hydroxylation is 2. The number of anilines is 1. The summed E-state index contributed by atoms with van der Waals surface area (Å²) in [5.74, 6) is 1.19. The monoisotopic (exact) mass is 231 g/mol. The van der Waals surface area contributed by atoms with Crippen molar-refractivity contribution in [1.82, 2.24) is 10.3 Å². The Morgan fingerprint density at radius 3 is 2.82 bits per heavy atom. The Bertz CT molecular complexity index is 416. The van der Waals surface area contributed by atoms with E-state index in [1.165, 1.54) is 23.5 Å². The third-order valence-corrected chi connectivity index (χ3v) is 4.12. The van der Waals surface area contributed by atoms with E-state index < -0.39 is 0 Å². The maximum atomic E-state index is 4.86. The van der Waals surface area contributed by atoms with Gasteiger partial charge in [-0.1, -0.05) is 19.9 Å². The number of pyridine rings is 1. The fourth-order valence-corrected chi connectivity index (χ4v) is 3.15. The van der Waals surface area contributed by atoms with Gasteiger partial charge in [0.05, 0.1) is 0 Å². The minimum absolute atomic E-state index is 0.671. The highest BCUT2D eigenvalue weighted by Gasteiger charge is 2.38. The molecular weight excluding hydrogens is 210 g/mol. The molecule has 0 amide bonds. The Morgan fingerprint density at radius 1 is 1.35 bits per heavy atom. The van der Waals surface area contributed by atoms with Gasteiger partial charge in [-0.25, -0.2) is 4.98 Å². The van der Waals surface area contributed by atoms with Gasteiger partial charge < -0.3 is 10.2 Å². The smallest absolute Gasteiger partial charge is 0.129 e. The molecule has 3 rings (SSSR count). The van der Waals surface area contributed by atoms with Crippen LogP contribution in [0.15, 0.2) is 12.1 Å². The van der Waals surface area contributed by atoms with Crippen LogP contribution in [0.3, 0.4) is 0 Å². The maximum absolute atomic E-state index is 4.86. The van der Waals surface area contributed by atoms with Gasteiger partial charge in [-0.05, 0) is 30.9 Å². The lowest BCUT2D eigenvalue weighted by Crippen LogP contribution is -2.44. The van der Waals surface area contributed by atoms with Crippen molar-refractivity contribution in [3.8, 4) is 0 Å². The van der Waals surface area contributed by atoms with Crippen molar-refractivity contribution in [2.75, 3.05) is 18.0 Å². The van der Waals surface area contributed by atoms with Gasteiger partial charge in [0.15, 0.2) is 0 Å². The van der Waals surface area contributed by atoms with Crippen molar-refractivity contribution in [2.24, 2.45) is 0 Å². The third-order valence-electron chi connectivity index (χ3n) is 4.12. The number of aromatic nitrogens is 1. The minimum atomic E-state index is 0.671. The Balaban J connectivity index is 1.88. The third kappa shape index (κ3) is 1.82. The van der Waals surface area contributed by atoms with Crippen LogP contribution in [0.25, 0.3) is 0 Å². The van der Waals surface area contributed by atoms with E-state index in [0.717, 1.165) is 25.9 Å². The largest absolute Gasteiger partial charge is 0.351 e. The normalized spacial score (nSPS) is 26.8. The summed E-state index contributed by atoms with van der Waals surface area (Å²) in [6, 6.07) is 5.83. The number of nitrogens with zero attached hydrogens (tertiary/aromatic N) is 2. The highest BCUT2D eigenvalue weighted by Crippen LogP contribution is 2.28. The summed E-state index contributed by atoms with van der Waals surface area (Å²) in [5, 5.41) is 3.54. The maximum Gasteiger partial charge on any atom is 0.129 e. The highest BCUT2D eigenvalue weighted by atomic mass is 15.3. The van der Waals surface area contributed by atoms with E-state index in [9.17, 15) is 0 Å². The van der Waals surface area contributed by atoms with Gasteiger partial charge >= 0.3 is 0 Å². The molecule has 2 atom stereocenters. The molecule has 2 saturated heterocycles. The van der Waals surface area contributed by atoms with Gasteiger partial charge in [-0.2, -0.15) is 0 Å². The second-order valence-electron chi connectivity index (χ2n) is 5.13. The lowest BCUT2D eigenvalue weighted by atomic mass is 10.1. The molecular formula is C14H21N3. The summed E-state index contributed by atoms with van der Waals surface area (Å²) in [7, 11) is 0. The zero-order valence-electron chi connectivity index (χ0n) is 10.7. The molecule has 0 radical (unpaired) electrons. The Labute approximate surface area is 103 Å². The van der Waals surface area contributed by atoms with E-state index >= 15 is 0 Å². The van der Waals surface area contributed by atoms with Crippen molar-refractivity contribution in [2.45, 2.75) is 45.2 Å². The van der Waals surface area contributed by atoms with Gasteiger partial charge in [-0.15, -0.1) is 0 Å². The van der Waals surface area contributed by atoms with Crippen LogP contribution in [-0.4, -0.2) is 30.2 Å². The summed E-state index contributed by atoms with van der Waals surface area (Å²) in [6.45, 7) is 6.66. The first-order chi connectivity index (χ1) is 8.31. The SMILES string of the molecule is CCc1ccc(N2C[C@@H]3C[C@H]2CN3)nc1CC. The lowest BCUT2D eigenvalue weighted by molar-refractivity contribution is 0.575. The van der Waals surface area contributed by atoms with Crippen LogP contribution in [0.2, 0.25) is 0 Å². The van der Waals surface area contributed by atoms with Crippen molar-refractivity contribution in [3.63, 3.8) is 0 Å². The first-order valence-electron chi connectivity index (χ1n) is 6.80. The summed E-state index contributed by atoms with van der Waals surface area (Å²) < 4.78 is 0. The number of hydrogen-bond acceptors (Lipinski definition) is 3. The van der Waals surface area contributed by atoms with Gasteiger partial charge in [0.25, 0.3) is 0 Å². The minimum Gasteiger partial charge on any atom is -0.351 e. The van der Waals surface area contributed by atoms with E-state index in [4.69, 9.17) is 4.98 Å². The molecule has 0 aromatic carbocycles. The molecule has 1 aromatic rings. The number of piperazine rings is 1. The fraction of sp³-hybridized carbons (Fsp3) is 0.643. The molecule has 0 aliphatic carbocycles. The van der Waals surface area contributed by atoms with Crippen LogP contribution in [0.1, 0.15) is 31.5 Å². The van der Waals surface area contributed by atoms with Gasteiger partial charge in [0.1, 0.15) is 5.82 Å². The van der Waals surface area contributed by atoms with Crippen LogP contribution in [0.4, 0.5) is 5.82 Å². The molecule has 1 N–H and O–H groups in total. The van der Waals surface area contributed by atoms with Crippen molar-refractivity contribution in [1.29, 1.82) is 0 Å². The molecule has 0 saturated carbocycles. The van der Waals surface area contributed by atoms with Crippen LogP contribution in [0.5, 0.6) is 0 Å². The molecule has 2 aliphatic rings. The van der Waals surface area contributed by atoms with E-state index in [2.05, 4.69) is 36.2 Å². The molecule has 2 bridgehead atoms. The average Bonchev–Trinajstić information content (AvgIpc) is 3.00. The number of fused-ring (bicyclic) bond motifs is 2. The van der Waals surface area contributed by atoms with E-state index in [0.29, 0.717) is 12.1 Å². The zero-order valence-corrected chi connectivity index (χ0v) is 10.7. The summed E-state index contributed by atoms with van der Waals surface area (Å²) in [5.41, 5.74) is 2.68. The Morgan fingerprint density at radius 2 is 2.24 bits per heavy atom. The topological polar surface area (TPSA) is 28.2 Å². The number of hydrogen-bond donors (Lipinski definition) is 1. The quantitative estimate of drug-likeness (QED) is 0.859. The average molecular weight is 231 g/mol. The molecule has 3 heteroatoms. The molecule has 2 aliphatic heterocycles. The predicted octanol–water partition coefficient (Wildman–Crippen LogP) is 1.76. The first-order valence-corrected chi connectivity index (χ1v) is 6.80. The lowest BCUT2D eigenvalue weighted by Gasteiger charge is -2.29. The van der Waals surface area contributed by atoms with Crippen LogP contribution in [-0.2, 0) is 12.8 Å². The molecule has 3 nitrogen and oxygen atoms in total. The standard InChI is InChI=1S/C14H21N3/c1-3-10-5-6-14(16-13(10)4-2)17-9-11-7-12(17)8-15-11/h5-6,11-12,15H,3-4,7-9H2,1-2H3/t11-,12-/m0/s1. The molecule has 2 fully saturated rings.